The molecule has 0 aliphatic carbocycles. The van der Waals surface area contributed by atoms with E-state index in [-0.39, 0.29) is 0 Å². The highest BCUT2D eigenvalue weighted by molar-refractivity contribution is 6.30. The summed E-state index contributed by atoms with van der Waals surface area (Å²) in [5.41, 5.74) is 0.638. The first-order valence-electron chi connectivity index (χ1n) is 3.62. The van der Waals surface area contributed by atoms with Crippen molar-refractivity contribution in [1.29, 1.82) is 0 Å². The molecule has 13 heavy (non-hydrogen) atoms. The molecule has 0 amide bonds. The van der Waals surface area contributed by atoms with Crippen molar-refractivity contribution in [2.24, 2.45) is 0 Å². The third-order valence-corrected chi connectivity index (χ3v) is 1.62. The second-order valence-electron chi connectivity index (χ2n) is 2.33. The monoisotopic (exact) mass is 192 g/mol. The fourth-order valence-electron chi connectivity index (χ4n) is 0.865. The van der Waals surface area contributed by atoms with E-state index in [9.17, 15) is 0 Å². The molecule has 2 aromatic heterocycles. The highest BCUT2D eigenvalue weighted by Crippen LogP contribution is 2.10. The van der Waals surface area contributed by atoms with E-state index >= 15 is 0 Å². The lowest BCUT2D eigenvalue weighted by Crippen LogP contribution is -1.91. The van der Waals surface area contributed by atoms with Crippen LogP contribution in [0.2, 0.25) is 5.02 Å². The lowest BCUT2D eigenvalue weighted by molar-refractivity contribution is 1.01. The standard InChI is InChI=1S/C8H5ClN4/c9-6-4-10-8(11-5-6)7-2-1-3-12-13-7/h1-5H. The summed E-state index contributed by atoms with van der Waals surface area (Å²) in [4.78, 5) is 8.01. The van der Waals surface area contributed by atoms with Crippen LogP contribution in [0.3, 0.4) is 0 Å². The Morgan fingerprint density at radius 3 is 2.54 bits per heavy atom. The lowest BCUT2D eigenvalue weighted by Gasteiger charge is -1.95. The van der Waals surface area contributed by atoms with Gasteiger partial charge in [0.05, 0.1) is 5.02 Å². The van der Waals surface area contributed by atoms with Crippen LogP contribution in [0.15, 0.2) is 30.7 Å². The van der Waals surface area contributed by atoms with Crippen molar-refractivity contribution >= 4 is 11.6 Å². The Bertz CT molecular complexity index is 387. The van der Waals surface area contributed by atoms with Crippen LogP contribution in [-0.2, 0) is 0 Å². The maximum absolute atomic E-state index is 5.64. The summed E-state index contributed by atoms with van der Waals surface area (Å²) in [7, 11) is 0. The molecular formula is C8H5ClN4. The minimum atomic E-state index is 0.507. The SMILES string of the molecule is Clc1cnc(-c2cccnn2)nc1. The predicted molar refractivity (Wildman–Crippen MR) is 48.1 cm³/mol. The second kappa shape index (κ2) is 3.45. The normalized spacial score (nSPS) is 9.92. The summed E-state index contributed by atoms with van der Waals surface area (Å²) < 4.78 is 0. The zero-order valence-corrected chi connectivity index (χ0v) is 7.31. The van der Waals surface area contributed by atoms with Gasteiger partial charge in [-0.25, -0.2) is 9.97 Å². The zero-order chi connectivity index (χ0) is 9.10. The Hall–Kier alpha value is -1.55. The molecule has 2 heterocycles. The number of halogens is 1. The maximum Gasteiger partial charge on any atom is 0.180 e. The van der Waals surface area contributed by atoms with E-state index in [1.165, 1.54) is 12.4 Å². The summed E-state index contributed by atoms with van der Waals surface area (Å²) in [6.07, 6.45) is 4.65. The van der Waals surface area contributed by atoms with Gasteiger partial charge in [0.1, 0.15) is 5.69 Å². The average Bonchev–Trinajstić information content (AvgIpc) is 2.20. The van der Waals surface area contributed by atoms with Gasteiger partial charge in [-0.15, -0.1) is 5.10 Å². The van der Waals surface area contributed by atoms with Crippen LogP contribution >= 0.6 is 11.6 Å². The Balaban J connectivity index is 2.42. The van der Waals surface area contributed by atoms with Gasteiger partial charge < -0.3 is 0 Å². The Morgan fingerprint density at radius 2 is 1.92 bits per heavy atom. The molecule has 0 spiro atoms. The number of hydrogen-bond acceptors (Lipinski definition) is 4. The number of nitrogens with zero attached hydrogens (tertiary/aromatic N) is 4. The quantitative estimate of drug-likeness (QED) is 0.689. The van der Waals surface area contributed by atoms with Crippen molar-refractivity contribution in [3.63, 3.8) is 0 Å². The Morgan fingerprint density at radius 1 is 1.15 bits per heavy atom. The molecule has 0 saturated carbocycles. The lowest BCUT2D eigenvalue weighted by atomic mass is 10.4. The van der Waals surface area contributed by atoms with E-state index < -0.39 is 0 Å². The first-order chi connectivity index (χ1) is 6.36. The molecular weight excluding hydrogens is 188 g/mol. The van der Waals surface area contributed by atoms with Gasteiger partial charge in [-0.1, -0.05) is 11.6 Å². The number of rotatable bonds is 1. The van der Waals surface area contributed by atoms with Gasteiger partial charge in [-0.2, -0.15) is 5.10 Å². The molecule has 0 fully saturated rings. The molecule has 0 aliphatic rings. The van der Waals surface area contributed by atoms with E-state index in [0.717, 1.165) is 0 Å². The van der Waals surface area contributed by atoms with Gasteiger partial charge in [0, 0.05) is 18.6 Å². The van der Waals surface area contributed by atoms with Gasteiger partial charge in [0.2, 0.25) is 0 Å². The summed E-state index contributed by atoms with van der Waals surface area (Å²) in [5, 5.41) is 8.09. The van der Waals surface area contributed by atoms with E-state index in [1.807, 2.05) is 0 Å². The molecule has 0 atom stereocenters. The molecule has 2 rings (SSSR count). The van der Waals surface area contributed by atoms with Gasteiger partial charge >= 0.3 is 0 Å². The van der Waals surface area contributed by atoms with Crippen LogP contribution in [0.4, 0.5) is 0 Å². The largest absolute Gasteiger partial charge is 0.234 e. The highest BCUT2D eigenvalue weighted by Gasteiger charge is 2.00. The van der Waals surface area contributed by atoms with Crippen molar-refractivity contribution in [3.05, 3.63) is 35.7 Å². The molecule has 0 unspecified atom stereocenters. The molecule has 5 heteroatoms. The predicted octanol–water partition coefficient (Wildman–Crippen LogP) is 1.59. The van der Waals surface area contributed by atoms with Crippen molar-refractivity contribution < 1.29 is 0 Å². The summed E-state index contributed by atoms with van der Waals surface area (Å²) >= 11 is 5.64. The molecule has 0 bridgehead atoms. The minimum Gasteiger partial charge on any atom is -0.234 e. The molecule has 0 radical (unpaired) electrons. The smallest absolute Gasteiger partial charge is 0.180 e. The molecule has 0 N–H and O–H groups in total. The van der Waals surface area contributed by atoms with Gasteiger partial charge in [-0.3, -0.25) is 0 Å². The number of hydrogen-bond donors (Lipinski definition) is 0. The van der Waals surface area contributed by atoms with E-state index in [4.69, 9.17) is 11.6 Å². The average molecular weight is 193 g/mol. The fourth-order valence-corrected chi connectivity index (χ4v) is 0.963. The van der Waals surface area contributed by atoms with Gasteiger partial charge in [0.25, 0.3) is 0 Å². The van der Waals surface area contributed by atoms with Crippen LogP contribution in [0.5, 0.6) is 0 Å². The van der Waals surface area contributed by atoms with Crippen molar-refractivity contribution in [2.45, 2.75) is 0 Å². The molecule has 64 valence electrons. The zero-order valence-electron chi connectivity index (χ0n) is 6.55. The molecule has 2 aromatic rings. The molecule has 0 aliphatic heterocycles. The molecule has 0 aromatic carbocycles. The minimum absolute atomic E-state index is 0.507. The van der Waals surface area contributed by atoms with Crippen LogP contribution in [0.1, 0.15) is 0 Å². The van der Waals surface area contributed by atoms with Crippen LogP contribution in [-0.4, -0.2) is 20.2 Å². The van der Waals surface area contributed by atoms with Crippen LogP contribution in [0, 0.1) is 0 Å². The third kappa shape index (κ3) is 1.78. The van der Waals surface area contributed by atoms with Crippen molar-refractivity contribution in [1.82, 2.24) is 20.2 Å². The summed E-state index contributed by atoms with van der Waals surface area (Å²) in [6, 6.07) is 3.57. The van der Waals surface area contributed by atoms with Crippen molar-refractivity contribution in [3.8, 4) is 11.5 Å². The fraction of sp³-hybridized carbons (Fsp3) is 0. The molecule has 4 nitrogen and oxygen atoms in total. The van der Waals surface area contributed by atoms with Crippen molar-refractivity contribution in [2.75, 3.05) is 0 Å². The van der Waals surface area contributed by atoms with Crippen LogP contribution in [0.25, 0.3) is 11.5 Å². The van der Waals surface area contributed by atoms with Gasteiger partial charge in [-0.05, 0) is 12.1 Å². The summed E-state index contributed by atoms with van der Waals surface area (Å²) in [6.45, 7) is 0. The first-order valence-corrected chi connectivity index (χ1v) is 4.00. The van der Waals surface area contributed by atoms with E-state index in [2.05, 4.69) is 20.2 Å². The third-order valence-electron chi connectivity index (χ3n) is 1.42. The Kier molecular flexibility index (Phi) is 2.14. The Labute approximate surface area is 79.6 Å². The van der Waals surface area contributed by atoms with Gasteiger partial charge in [0.15, 0.2) is 5.82 Å². The van der Waals surface area contributed by atoms with E-state index in [0.29, 0.717) is 16.5 Å². The topological polar surface area (TPSA) is 51.6 Å². The molecule has 0 saturated heterocycles. The summed E-state index contributed by atoms with van der Waals surface area (Å²) in [5.74, 6) is 0.525. The number of aromatic nitrogens is 4. The van der Waals surface area contributed by atoms with Crippen LogP contribution < -0.4 is 0 Å². The van der Waals surface area contributed by atoms with E-state index in [1.54, 1.807) is 18.3 Å². The highest BCUT2D eigenvalue weighted by atomic mass is 35.5. The maximum atomic E-state index is 5.64. The first kappa shape index (κ1) is 8.07. The second-order valence-corrected chi connectivity index (χ2v) is 2.77.